The van der Waals surface area contributed by atoms with Crippen molar-refractivity contribution in [2.24, 2.45) is 0 Å². The summed E-state index contributed by atoms with van der Waals surface area (Å²) in [6, 6.07) is 12.9. The van der Waals surface area contributed by atoms with E-state index < -0.39 is 5.91 Å². The molecule has 0 spiro atoms. The Hall–Kier alpha value is -2.59. The fourth-order valence-electron chi connectivity index (χ4n) is 2.75. The third-order valence-corrected chi connectivity index (χ3v) is 4.76. The molecule has 0 fully saturated rings. The number of aryl methyl sites for hydroxylation is 2. The number of hydrogen-bond acceptors (Lipinski definition) is 3. The van der Waals surface area contributed by atoms with Crippen molar-refractivity contribution in [3.63, 3.8) is 0 Å². The largest absolute Gasteiger partial charge is 0.497 e. The molecule has 2 amide bonds. The summed E-state index contributed by atoms with van der Waals surface area (Å²) in [5, 5.41) is -0.0261. The fourth-order valence-corrected chi connectivity index (χ4v) is 3.04. The van der Waals surface area contributed by atoms with E-state index in [1.54, 1.807) is 19.2 Å². The summed E-state index contributed by atoms with van der Waals surface area (Å²) in [4.78, 5) is 26.4. The van der Waals surface area contributed by atoms with Crippen molar-refractivity contribution in [3.8, 4) is 5.75 Å². The Morgan fingerprint density at radius 1 is 0.960 bits per heavy atom. The zero-order valence-corrected chi connectivity index (χ0v) is 15.1. The number of amides is 2. The highest BCUT2D eigenvalue weighted by molar-refractivity contribution is 6.55. The lowest BCUT2D eigenvalue weighted by atomic mass is 10.0. The molecule has 0 atom stereocenters. The van der Waals surface area contributed by atoms with Crippen LogP contribution in [-0.4, -0.2) is 23.8 Å². The van der Waals surface area contributed by atoms with Gasteiger partial charge in [0.2, 0.25) is 0 Å². The Morgan fingerprint density at radius 2 is 1.64 bits per heavy atom. The maximum absolute atomic E-state index is 12.8. The average molecular weight is 356 g/mol. The van der Waals surface area contributed by atoms with E-state index in [2.05, 4.69) is 0 Å². The molecule has 0 N–H and O–H groups in total. The van der Waals surface area contributed by atoms with Crippen LogP contribution in [0.25, 0.3) is 5.57 Å². The molecule has 1 aliphatic rings. The van der Waals surface area contributed by atoms with Crippen LogP contribution in [-0.2, 0) is 16.1 Å². The molecule has 0 saturated heterocycles. The quantitative estimate of drug-likeness (QED) is 0.783. The lowest BCUT2D eigenvalue weighted by molar-refractivity contribution is -0.137. The number of ether oxygens (including phenoxy) is 1. The van der Waals surface area contributed by atoms with Gasteiger partial charge in [-0.15, -0.1) is 0 Å². The standard InChI is InChI=1S/C20H18ClNO3/c1-12-4-7-15(10-13(12)2)17-18(21)20(24)22(19(17)23)11-14-5-8-16(25-3)9-6-14/h4-10H,11H2,1-3H3. The number of methoxy groups -OCH3 is 1. The Labute approximate surface area is 151 Å². The normalized spacial score (nSPS) is 14.5. The van der Waals surface area contributed by atoms with Crippen LogP contribution in [0, 0.1) is 13.8 Å². The highest BCUT2D eigenvalue weighted by atomic mass is 35.5. The Balaban J connectivity index is 1.89. The van der Waals surface area contributed by atoms with E-state index in [1.165, 1.54) is 4.90 Å². The predicted molar refractivity (Wildman–Crippen MR) is 97.2 cm³/mol. The van der Waals surface area contributed by atoms with Crippen LogP contribution in [0.4, 0.5) is 0 Å². The zero-order chi connectivity index (χ0) is 18.1. The fraction of sp³-hybridized carbons (Fsp3) is 0.200. The lowest BCUT2D eigenvalue weighted by Crippen LogP contribution is -2.30. The van der Waals surface area contributed by atoms with Gasteiger partial charge in [0.25, 0.3) is 11.8 Å². The average Bonchev–Trinajstić information content (AvgIpc) is 2.82. The third-order valence-electron chi connectivity index (χ3n) is 4.41. The summed E-state index contributed by atoms with van der Waals surface area (Å²) in [5.74, 6) is -0.111. The van der Waals surface area contributed by atoms with E-state index in [-0.39, 0.29) is 23.1 Å². The monoisotopic (exact) mass is 355 g/mol. The number of nitrogens with zero attached hydrogens (tertiary/aromatic N) is 1. The maximum atomic E-state index is 12.8. The first-order chi connectivity index (χ1) is 11.9. The minimum absolute atomic E-state index is 0.0261. The van der Waals surface area contributed by atoms with Gasteiger partial charge in [-0.25, -0.2) is 0 Å². The maximum Gasteiger partial charge on any atom is 0.273 e. The van der Waals surface area contributed by atoms with Gasteiger partial charge in [-0.3, -0.25) is 14.5 Å². The van der Waals surface area contributed by atoms with Gasteiger partial charge in [-0.1, -0.05) is 41.9 Å². The molecule has 128 valence electrons. The first kappa shape index (κ1) is 17.2. The molecule has 5 heteroatoms. The molecule has 0 aliphatic carbocycles. The van der Waals surface area contributed by atoms with E-state index in [0.29, 0.717) is 5.56 Å². The highest BCUT2D eigenvalue weighted by Crippen LogP contribution is 2.33. The molecule has 2 aromatic rings. The molecule has 2 aromatic carbocycles. The number of carbonyl (C=O) groups excluding carboxylic acids is 2. The van der Waals surface area contributed by atoms with Crippen molar-refractivity contribution in [1.29, 1.82) is 0 Å². The molecule has 0 radical (unpaired) electrons. The predicted octanol–water partition coefficient (Wildman–Crippen LogP) is 3.83. The van der Waals surface area contributed by atoms with Crippen molar-refractivity contribution in [1.82, 2.24) is 4.90 Å². The molecule has 3 rings (SSSR count). The van der Waals surface area contributed by atoms with Crippen LogP contribution in [0.15, 0.2) is 47.5 Å². The number of benzene rings is 2. The second-order valence-electron chi connectivity index (χ2n) is 6.03. The van der Waals surface area contributed by atoms with E-state index in [4.69, 9.17) is 16.3 Å². The molecule has 1 aliphatic heterocycles. The summed E-state index contributed by atoms with van der Waals surface area (Å²) < 4.78 is 5.12. The smallest absolute Gasteiger partial charge is 0.273 e. The summed E-state index contributed by atoms with van der Waals surface area (Å²) in [5.41, 5.74) is 3.93. The van der Waals surface area contributed by atoms with Gasteiger partial charge in [0.15, 0.2) is 0 Å². The van der Waals surface area contributed by atoms with E-state index in [0.717, 1.165) is 22.4 Å². The minimum Gasteiger partial charge on any atom is -0.497 e. The molecule has 0 saturated carbocycles. The first-order valence-electron chi connectivity index (χ1n) is 7.89. The molecule has 1 heterocycles. The van der Waals surface area contributed by atoms with Crippen LogP contribution in [0.1, 0.15) is 22.3 Å². The van der Waals surface area contributed by atoms with Crippen molar-refractivity contribution >= 4 is 29.0 Å². The van der Waals surface area contributed by atoms with Gasteiger partial charge < -0.3 is 4.74 Å². The Kier molecular flexibility index (Phi) is 4.64. The lowest BCUT2D eigenvalue weighted by Gasteiger charge is -2.15. The van der Waals surface area contributed by atoms with Crippen molar-refractivity contribution in [2.75, 3.05) is 7.11 Å². The second kappa shape index (κ2) is 6.73. The zero-order valence-electron chi connectivity index (χ0n) is 14.3. The van der Waals surface area contributed by atoms with E-state index in [9.17, 15) is 9.59 Å². The molecule has 0 aromatic heterocycles. The SMILES string of the molecule is COc1ccc(CN2C(=O)C(Cl)=C(c3ccc(C)c(C)c3)C2=O)cc1. The van der Waals surface area contributed by atoms with Crippen LogP contribution in [0.5, 0.6) is 5.75 Å². The number of rotatable bonds is 4. The number of carbonyl (C=O) groups is 2. The second-order valence-corrected chi connectivity index (χ2v) is 6.41. The summed E-state index contributed by atoms with van der Waals surface area (Å²) in [7, 11) is 1.59. The van der Waals surface area contributed by atoms with Crippen molar-refractivity contribution < 1.29 is 14.3 Å². The molecule has 0 bridgehead atoms. The van der Waals surface area contributed by atoms with Crippen LogP contribution < -0.4 is 4.74 Å². The number of halogens is 1. The summed E-state index contributed by atoms with van der Waals surface area (Å²) >= 11 is 6.21. The highest BCUT2D eigenvalue weighted by Gasteiger charge is 2.38. The van der Waals surface area contributed by atoms with Gasteiger partial charge in [0.05, 0.1) is 19.2 Å². The van der Waals surface area contributed by atoms with E-state index >= 15 is 0 Å². The van der Waals surface area contributed by atoms with Gasteiger partial charge in [-0.05, 0) is 48.2 Å². The van der Waals surface area contributed by atoms with Gasteiger partial charge in [-0.2, -0.15) is 0 Å². The van der Waals surface area contributed by atoms with Crippen molar-refractivity contribution in [3.05, 3.63) is 69.8 Å². The molecular formula is C20H18ClNO3. The minimum atomic E-state index is -0.462. The third kappa shape index (κ3) is 3.17. The van der Waals surface area contributed by atoms with Crippen LogP contribution in [0.3, 0.4) is 0 Å². The number of imide groups is 1. The molecular weight excluding hydrogens is 338 g/mol. The molecule has 0 unspecified atom stereocenters. The molecule has 4 nitrogen and oxygen atoms in total. The van der Waals surface area contributed by atoms with Gasteiger partial charge in [0.1, 0.15) is 10.8 Å². The van der Waals surface area contributed by atoms with Gasteiger partial charge >= 0.3 is 0 Å². The Bertz CT molecular complexity index is 884. The topological polar surface area (TPSA) is 46.6 Å². The summed E-state index contributed by atoms with van der Waals surface area (Å²) in [6.45, 7) is 4.13. The Morgan fingerprint density at radius 3 is 2.24 bits per heavy atom. The van der Waals surface area contributed by atoms with Crippen LogP contribution >= 0.6 is 11.6 Å². The van der Waals surface area contributed by atoms with Gasteiger partial charge in [0, 0.05) is 0 Å². The summed E-state index contributed by atoms with van der Waals surface area (Å²) in [6.07, 6.45) is 0. The van der Waals surface area contributed by atoms with Crippen molar-refractivity contribution in [2.45, 2.75) is 20.4 Å². The first-order valence-corrected chi connectivity index (χ1v) is 8.26. The van der Waals surface area contributed by atoms with E-state index in [1.807, 2.05) is 44.2 Å². The molecule has 25 heavy (non-hydrogen) atoms. The number of hydrogen-bond donors (Lipinski definition) is 0. The van der Waals surface area contributed by atoms with Crippen LogP contribution in [0.2, 0.25) is 0 Å².